The van der Waals surface area contributed by atoms with Crippen molar-refractivity contribution in [2.75, 3.05) is 0 Å². The first-order valence-corrected chi connectivity index (χ1v) is 5.40. The highest BCUT2D eigenvalue weighted by Crippen LogP contribution is 2.10. The summed E-state index contributed by atoms with van der Waals surface area (Å²) in [5.41, 5.74) is 1.29. The molecule has 0 aliphatic rings. The molecule has 0 unspecified atom stereocenters. The second kappa shape index (κ2) is 4.52. The van der Waals surface area contributed by atoms with Gasteiger partial charge in [0.15, 0.2) is 11.6 Å². The van der Waals surface area contributed by atoms with Gasteiger partial charge in [0, 0.05) is 20.3 Å². The van der Waals surface area contributed by atoms with Gasteiger partial charge < -0.3 is 0 Å². The molecule has 0 saturated carbocycles. The standard InChI is InChI=1S/C11H13N5O2/c1-7-8(5-15(2)13-7)10(17)4-11(18)9-6-16(3)14-12-9/h5-6H,4H2,1-3H3. The average Bonchev–Trinajstić information content (AvgIpc) is 2.84. The molecule has 2 heterocycles. The van der Waals surface area contributed by atoms with Crippen LogP contribution in [0.15, 0.2) is 12.4 Å². The first-order valence-electron chi connectivity index (χ1n) is 5.40. The van der Waals surface area contributed by atoms with E-state index in [0.717, 1.165) is 0 Å². The molecule has 2 aromatic rings. The Bertz CT molecular complexity index is 611. The van der Waals surface area contributed by atoms with E-state index in [-0.39, 0.29) is 23.7 Å². The van der Waals surface area contributed by atoms with Crippen molar-refractivity contribution in [2.24, 2.45) is 14.1 Å². The van der Waals surface area contributed by atoms with Crippen molar-refractivity contribution >= 4 is 11.6 Å². The van der Waals surface area contributed by atoms with E-state index in [1.807, 2.05) is 0 Å². The van der Waals surface area contributed by atoms with Gasteiger partial charge in [-0.1, -0.05) is 5.21 Å². The molecule has 0 bridgehead atoms. The van der Waals surface area contributed by atoms with Crippen molar-refractivity contribution in [3.63, 3.8) is 0 Å². The third kappa shape index (κ3) is 2.34. The van der Waals surface area contributed by atoms with Crippen LogP contribution in [0.5, 0.6) is 0 Å². The van der Waals surface area contributed by atoms with E-state index in [1.54, 1.807) is 31.9 Å². The summed E-state index contributed by atoms with van der Waals surface area (Å²) in [6.07, 6.45) is 2.89. The lowest BCUT2D eigenvalue weighted by molar-refractivity contribution is 0.0891. The van der Waals surface area contributed by atoms with Crippen LogP contribution in [-0.2, 0) is 14.1 Å². The quantitative estimate of drug-likeness (QED) is 0.573. The molecule has 2 rings (SSSR count). The van der Waals surface area contributed by atoms with Crippen LogP contribution in [0.1, 0.15) is 33.0 Å². The lowest BCUT2D eigenvalue weighted by Gasteiger charge is -1.96. The number of hydrogen-bond donors (Lipinski definition) is 0. The molecular formula is C11H13N5O2. The van der Waals surface area contributed by atoms with Crippen molar-refractivity contribution in [3.05, 3.63) is 29.3 Å². The van der Waals surface area contributed by atoms with Crippen molar-refractivity contribution in [2.45, 2.75) is 13.3 Å². The van der Waals surface area contributed by atoms with Gasteiger partial charge in [-0.15, -0.1) is 5.10 Å². The highest BCUT2D eigenvalue weighted by Gasteiger charge is 2.19. The topological polar surface area (TPSA) is 82.7 Å². The predicted molar refractivity (Wildman–Crippen MR) is 62.2 cm³/mol. The van der Waals surface area contributed by atoms with Crippen LogP contribution in [0.4, 0.5) is 0 Å². The van der Waals surface area contributed by atoms with Crippen LogP contribution in [0.25, 0.3) is 0 Å². The summed E-state index contributed by atoms with van der Waals surface area (Å²) in [6, 6.07) is 0. The Morgan fingerprint density at radius 2 is 1.89 bits per heavy atom. The van der Waals surface area contributed by atoms with Crippen molar-refractivity contribution in [1.29, 1.82) is 0 Å². The van der Waals surface area contributed by atoms with Crippen LogP contribution in [0.3, 0.4) is 0 Å². The molecule has 7 heteroatoms. The van der Waals surface area contributed by atoms with E-state index >= 15 is 0 Å². The third-order valence-electron chi connectivity index (χ3n) is 2.52. The lowest BCUT2D eigenvalue weighted by atomic mass is 10.1. The van der Waals surface area contributed by atoms with Crippen LogP contribution >= 0.6 is 0 Å². The average molecular weight is 247 g/mol. The third-order valence-corrected chi connectivity index (χ3v) is 2.52. The number of Topliss-reactive ketones (excluding diaryl/α,β-unsaturated/α-hetero) is 2. The van der Waals surface area contributed by atoms with Crippen molar-refractivity contribution in [1.82, 2.24) is 24.8 Å². The molecule has 0 saturated heterocycles. The molecule has 0 aliphatic heterocycles. The second-order valence-electron chi connectivity index (χ2n) is 4.10. The minimum atomic E-state index is -0.337. The maximum Gasteiger partial charge on any atom is 0.192 e. The number of rotatable bonds is 4. The summed E-state index contributed by atoms with van der Waals surface area (Å²) in [5.74, 6) is -0.590. The number of carbonyl (C=O) groups excluding carboxylic acids is 2. The van der Waals surface area contributed by atoms with E-state index in [2.05, 4.69) is 15.4 Å². The fourth-order valence-electron chi connectivity index (χ4n) is 1.68. The van der Waals surface area contributed by atoms with Crippen LogP contribution in [0, 0.1) is 6.92 Å². The number of hydrogen-bond acceptors (Lipinski definition) is 5. The van der Waals surface area contributed by atoms with Crippen LogP contribution in [0.2, 0.25) is 0 Å². The molecule has 0 fully saturated rings. The van der Waals surface area contributed by atoms with Gasteiger partial charge in [-0.25, -0.2) is 0 Å². The Morgan fingerprint density at radius 1 is 1.17 bits per heavy atom. The Labute approximate surface area is 103 Å². The Morgan fingerprint density at radius 3 is 2.39 bits per heavy atom. The Kier molecular flexibility index (Phi) is 3.05. The zero-order valence-corrected chi connectivity index (χ0v) is 10.4. The monoisotopic (exact) mass is 247 g/mol. The second-order valence-corrected chi connectivity index (χ2v) is 4.10. The summed E-state index contributed by atoms with van der Waals surface area (Å²) in [7, 11) is 3.39. The van der Waals surface area contributed by atoms with Gasteiger partial charge in [0.25, 0.3) is 0 Å². The largest absolute Gasteiger partial charge is 0.294 e. The molecule has 0 atom stereocenters. The van der Waals surface area contributed by atoms with E-state index in [4.69, 9.17) is 0 Å². The van der Waals surface area contributed by atoms with E-state index in [9.17, 15) is 9.59 Å². The van der Waals surface area contributed by atoms with E-state index in [1.165, 1.54) is 10.9 Å². The smallest absolute Gasteiger partial charge is 0.192 e. The van der Waals surface area contributed by atoms with Crippen LogP contribution < -0.4 is 0 Å². The van der Waals surface area contributed by atoms with E-state index in [0.29, 0.717) is 11.3 Å². The number of nitrogens with zero attached hydrogens (tertiary/aromatic N) is 5. The molecule has 18 heavy (non-hydrogen) atoms. The van der Waals surface area contributed by atoms with Crippen molar-refractivity contribution < 1.29 is 9.59 Å². The highest BCUT2D eigenvalue weighted by molar-refractivity contribution is 6.13. The number of aryl methyl sites for hydroxylation is 3. The molecule has 0 spiro atoms. The van der Waals surface area contributed by atoms with Gasteiger partial charge in [0.1, 0.15) is 5.69 Å². The Hall–Kier alpha value is -2.31. The zero-order chi connectivity index (χ0) is 13.3. The molecule has 94 valence electrons. The maximum atomic E-state index is 11.9. The molecule has 0 amide bonds. The number of carbonyl (C=O) groups is 2. The molecule has 2 aromatic heterocycles. The van der Waals surface area contributed by atoms with E-state index < -0.39 is 0 Å². The first-order chi connectivity index (χ1) is 8.47. The van der Waals surface area contributed by atoms with Gasteiger partial charge in [0.2, 0.25) is 0 Å². The maximum absolute atomic E-state index is 11.9. The molecule has 0 aromatic carbocycles. The molecule has 0 radical (unpaired) electrons. The van der Waals surface area contributed by atoms with Gasteiger partial charge >= 0.3 is 0 Å². The van der Waals surface area contributed by atoms with Crippen molar-refractivity contribution in [3.8, 4) is 0 Å². The van der Waals surface area contributed by atoms with Crippen LogP contribution in [-0.4, -0.2) is 36.3 Å². The summed E-state index contributed by atoms with van der Waals surface area (Å²) < 4.78 is 2.97. The summed E-state index contributed by atoms with van der Waals surface area (Å²) in [5, 5.41) is 11.4. The molecule has 7 nitrogen and oxygen atoms in total. The molecule has 0 aliphatic carbocycles. The highest BCUT2D eigenvalue weighted by atomic mass is 16.1. The van der Waals surface area contributed by atoms with Gasteiger partial charge in [-0.3, -0.25) is 19.0 Å². The number of ketones is 2. The van der Waals surface area contributed by atoms with Gasteiger partial charge in [-0.2, -0.15) is 5.10 Å². The zero-order valence-electron chi connectivity index (χ0n) is 10.4. The predicted octanol–water partition coefficient (Wildman–Crippen LogP) is 0.313. The SMILES string of the molecule is Cc1nn(C)cc1C(=O)CC(=O)c1cn(C)nn1. The van der Waals surface area contributed by atoms with Gasteiger partial charge in [-0.05, 0) is 6.92 Å². The normalized spacial score (nSPS) is 10.6. The summed E-state index contributed by atoms with van der Waals surface area (Å²) in [6.45, 7) is 1.74. The minimum absolute atomic E-state index is 0.201. The molecule has 0 N–H and O–H groups in total. The van der Waals surface area contributed by atoms with Gasteiger partial charge in [0.05, 0.1) is 23.9 Å². The lowest BCUT2D eigenvalue weighted by Crippen LogP contribution is -2.09. The fourth-order valence-corrected chi connectivity index (χ4v) is 1.68. The fraction of sp³-hybridized carbons (Fsp3) is 0.364. The Balaban J connectivity index is 2.13. The summed E-state index contributed by atoms with van der Waals surface area (Å²) in [4.78, 5) is 23.7. The summed E-state index contributed by atoms with van der Waals surface area (Å²) >= 11 is 0. The minimum Gasteiger partial charge on any atom is -0.294 e. The molecular weight excluding hydrogens is 234 g/mol. The number of aromatic nitrogens is 5. The first kappa shape index (κ1) is 12.2.